The molecule has 1 saturated heterocycles. The van der Waals surface area contributed by atoms with Gasteiger partial charge in [0.15, 0.2) is 0 Å². The van der Waals surface area contributed by atoms with Crippen molar-refractivity contribution in [2.75, 3.05) is 13.2 Å². The number of rotatable bonds is 8. The smallest absolute Gasteiger partial charge is 0.226 e. The third-order valence-electron chi connectivity index (χ3n) is 3.34. The Morgan fingerprint density at radius 2 is 1.64 bits per heavy atom. The number of hydrogen-bond acceptors (Lipinski definition) is 4. The molecule has 0 spiro atoms. The lowest BCUT2D eigenvalue weighted by molar-refractivity contribution is 0.0888. The molecular weight excluding hydrogens is 280 g/mol. The Bertz CT molecular complexity index is 567. The number of epoxide rings is 1. The van der Waals surface area contributed by atoms with E-state index >= 15 is 0 Å². The Morgan fingerprint density at radius 1 is 0.909 bits per heavy atom. The van der Waals surface area contributed by atoms with E-state index in [1.165, 1.54) is 0 Å². The normalized spacial score (nSPS) is 19.7. The lowest BCUT2D eigenvalue weighted by Gasteiger charge is -2.08. The van der Waals surface area contributed by atoms with E-state index in [0.29, 0.717) is 19.8 Å². The van der Waals surface area contributed by atoms with E-state index in [9.17, 15) is 0 Å². The molecule has 4 nitrogen and oxygen atoms in total. The molecule has 22 heavy (non-hydrogen) atoms. The molecule has 0 amide bonds. The van der Waals surface area contributed by atoms with E-state index in [0.717, 1.165) is 17.1 Å². The van der Waals surface area contributed by atoms with Crippen LogP contribution in [0.2, 0.25) is 0 Å². The summed E-state index contributed by atoms with van der Waals surface area (Å²) >= 11 is 0. The second-order valence-electron chi connectivity index (χ2n) is 5.19. The molecule has 2 unspecified atom stereocenters. The Labute approximate surface area is 130 Å². The molecule has 1 heterocycles. The van der Waals surface area contributed by atoms with Gasteiger partial charge in [-0.25, -0.2) is 0 Å². The van der Waals surface area contributed by atoms with Crippen LogP contribution in [0.15, 0.2) is 54.6 Å². The van der Waals surface area contributed by atoms with Crippen LogP contribution in [0, 0.1) is 0 Å². The summed E-state index contributed by atoms with van der Waals surface area (Å²) in [7, 11) is 0. The Balaban J connectivity index is 1.33. The second-order valence-corrected chi connectivity index (χ2v) is 5.19. The van der Waals surface area contributed by atoms with Crippen LogP contribution in [-0.4, -0.2) is 25.6 Å². The quantitative estimate of drug-likeness (QED) is 0.553. The van der Waals surface area contributed by atoms with Crippen LogP contribution in [0.1, 0.15) is 12.5 Å². The van der Waals surface area contributed by atoms with Crippen molar-refractivity contribution in [3.05, 3.63) is 60.2 Å². The predicted molar refractivity (Wildman–Crippen MR) is 83.0 cm³/mol. The Morgan fingerprint density at radius 3 is 2.32 bits per heavy atom. The van der Waals surface area contributed by atoms with Gasteiger partial charge >= 0.3 is 0 Å². The van der Waals surface area contributed by atoms with Crippen LogP contribution in [0.3, 0.4) is 0 Å². The van der Waals surface area contributed by atoms with Crippen molar-refractivity contribution < 1.29 is 18.9 Å². The average molecular weight is 300 g/mol. The van der Waals surface area contributed by atoms with Gasteiger partial charge in [0.25, 0.3) is 0 Å². The molecule has 1 fully saturated rings. The maximum atomic E-state index is 5.60. The first kappa shape index (κ1) is 14.9. The van der Waals surface area contributed by atoms with Crippen molar-refractivity contribution in [1.29, 1.82) is 0 Å². The van der Waals surface area contributed by atoms with Crippen molar-refractivity contribution in [3.63, 3.8) is 0 Å². The summed E-state index contributed by atoms with van der Waals surface area (Å²) in [4.78, 5) is 0. The maximum absolute atomic E-state index is 5.60. The van der Waals surface area contributed by atoms with Crippen LogP contribution in [0.5, 0.6) is 11.5 Å². The molecule has 0 saturated carbocycles. The van der Waals surface area contributed by atoms with Crippen LogP contribution in [0.25, 0.3) is 0 Å². The highest BCUT2D eigenvalue weighted by Gasteiger charge is 2.36. The van der Waals surface area contributed by atoms with E-state index in [1.807, 2.05) is 61.5 Å². The first-order valence-corrected chi connectivity index (χ1v) is 7.48. The highest BCUT2D eigenvalue weighted by Crippen LogP contribution is 2.25. The van der Waals surface area contributed by atoms with Gasteiger partial charge in [-0.1, -0.05) is 30.3 Å². The van der Waals surface area contributed by atoms with Gasteiger partial charge in [-0.2, -0.15) is 0 Å². The van der Waals surface area contributed by atoms with Gasteiger partial charge in [-0.3, -0.25) is 0 Å². The number of benzene rings is 2. The zero-order valence-electron chi connectivity index (χ0n) is 12.6. The standard InChI is InChI=1S/C18H20O4/c1-14-18(21-14)22-17-9-7-15(8-10-17)13-19-11-12-20-16-5-3-2-4-6-16/h2-10,14,18H,11-13H2,1H3. The molecule has 0 bridgehead atoms. The molecule has 1 aliphatic rings. The van der Waals surface area contributed by atoms with Gasteiger partial charge in [0.1, 0.15) is 24.2 Å². The summed E-state index contributed by atoms with van der Waals surface area (Å²) in [6.07, 6.45) is 0.116. The predicted octanol–water partition coefficient (Wildman–Crippen LogP) is 3.41. The van der Waals surface area contributed by atoms with E-state index in [4.69, 9.17) is 18.9 Å². The van der Waals surface area contributed by atoms with Gasteiger partial charge in [-0.05, 0) is 36.8 Å². The molecule has 116 valence electrons. The van der Waals surface area contributed by atoms with Gasteiger partial charge in [0.05, 0.1) is 13.2 Å². The molecule has 2 atom stereocenters. The minimum Gasteiger partial charge on any atom is -0.491 e. The minimum absolute atomic E-state index is 0.0859. The summed E-state index contributed by atoms with van der Waals surface area (Å²) in [6.45, 7) is 3.65. The molecule has 3 rings (SSSR count). The van der Waals surface area contributed by atoms with Crippen molar-refractivity contribution in [1.82, 2.24) is 0 Å². The molecule has 2 aromatic carbocycles. The van der Waals surface area contributed by atoms with Crippen molar-refractivity contribution in [3.8, 4) is 11.5 Å². The van der Waals surface area contributed by atoms with Gasteiger partial charge in [0, 0.05) is 0 Å². The largest absolute Gasteiger partial charge is 0.491 e. The summed E-state index contributed by atoms with van der Waals surface area (Å²) in [5.74, 6) is 1.69. The number of hydrogen-bond donors (Lipinski definition) is 0. The molecule has 4 heteroatoms. The first-order chi connectivity index (χ1) is 10.8. The summed E-state index contributed by atoms with van der Waals surface area (Å²) in [5.41, 5.74) is 1.11. The molecule has 0 aromatic heterocycles. The fourth-order valence-electron chi connectivity index (χ4n) is 2.01. The first-order valence-electron chi connectivity index (χ1n) is 7.48. The second kappa shape index (κ2) is 7.29. The zero-order valence-corrected chi connectivity index (χ0v) is 12.6. The Kier molecular flexibility index (Phi) is 4.93. The number of ether oxygens (including phenoxy) is 4. The van der Waals surface area contributed by atoms with E-state index in [2.05, 4.69) is 0 Å². The SMILES string of the molecule is CC1OC1Oc1ccc(COCCOc2ccccc2)cc1. The topological polar surface area (TPSA) is 40.2 Å². The van der Waals surface area contributed by atoms with Crippen molar-refractivity contribution >= 4 is 0 Å². The van der Waals surface area contributed by atoms with Gasteiger partial charge in [0.2, 0.25) is 6.29 Å². The third-order valence-corrected chi connectivity index (χ3v) is 3.34. The maximum Gasteiger partial charge on any atom is 0.226 e. The fourth-order valence-corrected chi connectivity index (χ4v) is 2.01. The minimum atomic E-state index is -0.0859. The molecule has 1 aliphatic heterocycles. The monoisotopic (exact) mass is 300 g/mol. The van der Waals surface area contributed by atoms with Crippen LogP contribution >= 0.6 is 0 Å². The Hall–Kier alpha value is -2.04. The van der Waals surface area contributed by atoms with Crippen LogP contribution < -0.4 is 9.47 Å². The molecule has 0 radical (unpaired) electrons. The van der Waals surface area contributed by atoms with Crippen LogP contribution in [-0.2, 0) is 16.1 Å². The van der Waals surface area contributed by atoms with E-state index in [1.54, 1.807) is 0 Å². The summed E-state index contributed by atoms with van der Waals surface area (Å²) in [6, 6.07) is 17.6. The number of para-hydroxylation sites is 1. The summed E-state index contributed by atoms with van der Waals surface area (Å²) in [5, 5.41) is 0. The molecule has 2 aromatic rings. The third kappa shape index (κ3) is 4.48. The van der Waals surface area contributed by atoms with Gasteiger partial charge in [-0.15, -0.1) is 0 Å². The van der Waals surface area contributed by atoms with Crippen LogP contribution in [0.4, 0.5) is 0 Å². The lowest BCUT2D eigenvalue weighted by Crippen LogP contribution is -2.06. The average Bonchev–Trinajstić information content (AvgIpc) is 3.24. The molecule has 0 N–H and O–H groups in total. The van der Waals surface area contributed by atoms with Gasteiger partial charge < -0.3 is 18.9 Å². The highest BCUT2D eigenvalue weighted by atomic mass is 16.8. The van der Waals surface area contributed by atoms with Crippen molar-refractivity contribution in [2.45, 2.75) is 25.9 Å². The molecular formula is C18H20O4. The zero-order chi connectivity index (χ0) is 15.2. The van der Waals surface area contributed by atoms with E-state index in [-0.39, 0.29) is 12.4 Å². The summed E-state index contributed by atoms with van der Waals surface area (Å²) < 4.78 is 22.0. The fraction of sp³-hybridized carbons (Fsp3) is 0.333. The lowest BCUT2D eigenvalue weighted by atomic mass is 10.2. The van der Waals surface area contributed by atoms with E-state index < -0.39 is 0 Å². The molecule has 0 aliphatic carbocycles. The van der Waals surface area contributed by atoms with Crippen molar-refractivity contribution in [2.24, 2.45) is 0 Å². The highest BCUT2D eigenvalue weighted by molar-refractivity contribution is 5.27.